The van der Waals surface area contributed by atoms with Crippen molar-refractivity contribution in [3.8, 4) is 11.4 Å². The van der Waals surface area contributed by atoms with Crippen LogP contribution < -0.4 is 0 Å². The van der Waals surface area contributed by atoms with Gasteiger partial charge in [0.15, 0.2) is 5.82 Å². The average molecular weight is 391 g/mol. The minimum atomic E-state index is -0.0985. The van der Waals surface area contributed by atoms with Gasteiger partial charge in [-0.1, -0.05) is 11.2 Å². The van der Waals surface area contributed by atoms with Crippen LogP contribution in [0.25, 0.3) is 11.4 Å². The zero-order valence-corrected chi connectivity index (χ0v) is 17.3. The summed E-state index contributed by atoms with van der Waals surface area (Å²) in [5.74, 6) is 1.26. The van der Waals surface area contributed by atoms with Crippen molar-refractivity contribution in [1.29, 1.82) is 0 Å². The molecule has 0 unspecified atom stereocenters. The normalized spacial score (nSPS) is 16.8. The number of likely N-dealkylation sites (tertiary alicyclic amines) is 1. The summed E-state index contributed by atoms with van der Waals surface area (Å²) in [4.78, 5) is 29.0. The van der Waals surface area contributed by atoms with E-state index in [9.17, 15) is 4.79 Å². The fraction of sp³-hybridized carbons (Fsp3) is 0.409. The highest BCUT2D eigenvalue weighted by Crippen LogP contribution is 2.33. The van der Waals surface area contributed by atoms with Crippen molar-refractivity contribution >= 4 is 5.91 Å². The molecule has 1 aliphatic heterocycles. The molecule has 0 saturated carbocycles. The maximum absolute atomic E-state index is 13.3. The van der Waals surface area contributed by atoms with Crippen LogP contribution in [0.2, 0.25) is 0 Å². The third kappa shape index (κ3) is 3.64. The fourth-order valence-electron chi connectivity index (χ4n) is 4.01. The Morgan fingerprint density at radius 2 is 2.00 bits per heavy atom. The SMILES string of the molecule is Cc1cc([C@H]2CCCCN2C(=O)c2ncccc2C)nc(-c2c(C)noc2C)n1. The van der Waals surface area contributed by atoms with Crippen LogP contribution in [0.3, 0.4) is 0 Å². The number of carbonyl (C=O) groups is 1. The molecule has 1 aliphatic rings. The quantitative estimate of drug-likeness (QED) is 0.667. The molecule has 0 aliphatic carbocycles. The monoisotopic (exact) mass is 391 g/mol. The van der Waals surface area contributed by atoms with Gasteiger partial charge >= 0.3 is 0 Å². The molecule has 0 N–H and O–H groups in total. The smallest absolute Gasteiger partial charge is 0.273 e. The molecular formula is C22H25N5O2. The number of rotatable bonds is 3. The van der Waals surface area contributed by atoms with E-state index in [1.165, 1.54) is 0 Å². The van der Waals surface area contributed by atoms with Gasteiger partial charge in [-0.3, -0.25) is 9.78 Å². The number of pyridine rings is 1. The summed E-state index contributed by atoms with van der Waals surface area (Å²) in [6.45, 7) is 8.32. The molecule has 1 saturated heterocycles. The lowest BCUT2D eigenvalue weighted by atomic mass is 9.97. The molecule has 3 aromatic rings. The van der Waals surface area contributed by atoms with Crippen molar-refractivity contribution in [3.63, 3.8) is 0 Å². The molecule has 1 amide bonds. The Morgan fingerprint density at radius 1 is 1.17 bits per heavy atom. The van der Waals surface area contributed by atoms with Gasteiger partial charge in [0.05, 0.1) is 23.0 Å². The highest BCUT2D eigenvalue weighted by molar-refractivity contribution is 5.94. The Balaban J connectivity index is 1.74. The molecule has 0 radical (unpaired) electrons. The number of aryl methyl sites for hydroxylation is 4. The van der Waals surface area contributed by atoms with E-state index in [0.29, 0.717) is 23.8 Å². The Hall–Kier alpha value is -3.09. The molecule has 150 valence electrons. The Bertz CT molecular complexity index is 1040. The molecule has 7 nitrogen and oxygen atoms in total. The standard InChI is InChI=1S/C22H25N5O2/c1-13-8-7-10-23-20(13)22(28)27-11-6-5-9-18(27)17-12-14(2)24-21(25-17)19-15(3)26-29-16(19)4/h7-8,10,12,18H,5-6,9,11H2,1-4H3/t18-/m1/s1. The van der Waals surface area contributed by atoms with E-state index in [-0.39, 0.29) is 11.9 Å². The van der Waals surface area contributed by atoms with Gasteiger partial charge in [-0.05, 0) is 64.7 Å². The first-order valence-electron chi connectivity index (χ1n) is 9.97. The second-order valence-corrected chi connectivity index (χ2v) is 7.64. The van der Waals surface area contributed by atoms with Crippen LogP contribution in [0.1, 0.15) is 64.2 Å². The Kier molecular flexibility index (Phi) is 5.13. The van der Waals surface area contributed by atoms with Crippen molar-refractivity contribution in [2.45, 2.75) is 53.0 Å². The lowest BCUT2D eigenvalue weighted by molar-refractivity contribution is 0.0599. The first-order chi connectivity index (χ1) is 14.0. The minimum Gasteiger partial charge on any atom is -0.361 e. The largest absolute Gasteiger partial charge is 0.361 e. The molecule has 4 rings (SSSR count). The third-order valence-electron chi connectivity index (χ3n) is 5.45. The second-order valence-electron chi connectivity index (χ2n) is 7.64. The summed E-state index contributed by atoms with van der Waals surface area (Å²) < 4.78 is 5.30. The number of aromatic nitrogens is 4. The average Bonchev–Trinajstić information content (AvgIpc) is 3.05. The van der Waals surface area contributed by atoms with E-state index in [2.05, 4.69) is 15.1 Å². The van der Waals surface area contributed by atoms with Crippen molar-refractivity contribution < 1.29 is 9.32 Å². The number of piperidine rings is 1. The van der Waals surface area contributed by atoms with E-state index < -0.39 is 0 Å². The van der Waals surface area contributed by atoms with Crippen molar-refractivity contribution in [1.82, 2.24) is 25.0 Å². The maximum Gasteiger partial charge on any atom is 0.273 e. The molecule has 0 spiro atoms. The number of nitrogens with zero attached hydrogens (tertiary/aromatic N) is 5. The van der Waals surface area contributed by atoms with Gasteiger partial charge in [0.2, 0.25) is 0 Å². The zero-order valence-electron chi connectivity index (χ0n) is 17.3. The van der Waals surface area contributed by atoms with E-state index in [1.54, 1.807) is 6.20 Å². The predicted octanol–water partition coefficient (Wildman–Crippen LogP) is 4.13. The second kappa shape index (κ2) is 7.73. The predicted molar refractivity (Wildman–Crippen MR) is 108 cm³/mol. The van der Waals surface area contributed by atoms with E-state index in [4.69, 9.17) is 9.51 Å². The summed E-state index contributed by atoms with van der Waals surface area (Å²) in [6.07, 6.45) is 4.58. The lowest BCUT2D eigenvalue weighted by Crippen LogP contribution is -2.39. The zero-order chi connectivity index (χ0) is 20.5. The fourth-order valence-corrected chi connectivity index (χ4v) is 4.01. The number of hydrogen-bond acceptors (Lipinski definition) is 6. The molecule has 4 heterocycles. The first kappa shape index (κ1) is 19.2. The summed E-state index contributed by atoms with van der Waals surface area (Å²) >= 11 is 0. The topological polar surface area (TPSA) is 85.0 Å². The van der Waals surface area contributed by atoms with Crippen molar-refractivity contribution in [2.75, 3.05) is 6.54 Å². The van der Waals surface area contributed by atoms with Crippen molar-refractivity contribution in [3.05, 3.63) is 58.5 Å². The van der Waals surface area contributed by atoms with Gasteiger partial charge in [-0.15, -0.1) is 0 Å². The Morgan fingerprint density at radius 3 is 2.72 bits per heavy atom. The van der Waals surface area contributed by atoms with Gasteiger partial charge in [0.1, 0.15) is 11.5 Å². The lowest BCUT2D eigenvalue weighted by Gasteiger charge is -2.35. The number of amides is 1. The van der Waals surface area contributed by atoms with Gasteiger partial charge < -0.3 is 9.42 Å². The van der Waals surface area contributed by atoms with Crippen LogP contribution in [0.15, 0.2) is 28.9 Å². The van der Waals surface area contributed by atoms with Gasteiger partial charge in [-0.25, -0.2) is 9.97 Å². The van der Waals surface area contributed by atoms with Crippen molar-refractivity contribution in [2.24, 2.45) is 0 Å². The molecule has 1 atom stereocenters. The Labute approximate surface area is 170 Å². The van der Waals surface area contributed by atoms with E-state index in [1.807, 2.05) is 50.8 Å². The maximum atomic E-state index is 13.3. The summed E-state index contributed by atoms with van der Waals surface area (Å²) in [6, 6.07) is 5.65. The molecule has 1 fully saturated rings. The summed E-state index contributed by atoms with van der Waals surface area (Å²) in [5.41, 5.74) is 4.70. The summed E-state index contributed by atoms with van der Waals surface area (Å²) in [5, 5.41) is 4.03. The van der Waals surface area contributed by atoms with Crippen LogP contribution >= 0.6 is 0 Å². The molecule has 29 heavy (non-hydrogen) atoms. The highest BCUT2D eigenvalue weighted by Gasteiger charge is 2.31. The molecule has 0 aromatic carbocycles. The number of carbonyl (C=O) groups excluding carboxylic acids is 1. The number of hydrogen-bond donors (Lipinski definition) is 0. The third-order valence-corrected chi connectivity index (χ3v) is 5.45. The van der Waals surface area contributed by atoms with Gasteiger partial charge in [0.25, 0.3) is 5.91 Å². The van der Waals surface area contributed by atoms with E-state index in [0.717, 1.165) is 47.5 Å². The molecule has 7 heteroatoms. The van der Waals surface area contributed by atoms with Crippen LogP contribution in [0, 0.1) is 27.7 Å². The van der Waals surface area contributed by atoms with Crippen LogP contribution in [-0.2, 0) is 0 Å². The molecule has 0 bridgehead atoms. The highest BCUT2D eigenvalue weighted by atomic mass is 16.5. The minimum absolute atomic E-state index is 0.0389. The van der Waals surface area contributed by atoms with E-state index >= 15 is 0 Å². The van der Waals surface area contributed by atoms with Crippen LogP contribution in [0.4, 0.5) is 0 Å². The van der Waals surface area contributed by atoms with Gasteiger partial charge in [-0.2, -0.15) is 0 Å². The summed E-state index contributed by atoms with van der Waals surface area (Å²) in [7, 11) is 0. The molecular weight excluding hydrogens is 366 g/mol. The molecule has 3 aromatic heterocycles. The first-order valence-corrected chi connectivity index (χ1v) is 9.97. The van der Waals surface area contributed by atoms with Gasteiger partial charge in [0, 0.05) is 18.4 Å². The van der Waals surface area contributed by atoms with Crippen LogP contribution in [0.5, 0.6) is 0 Å². The van der Waals surface area contributed by atoms with Crippen LogP contribution in [-0.4, -0.2) is 37.5 Å².